The SMILES string of the molecule is [C-]#[N+]c1cc(-n2c3ccccc3c3ccccc32)cc(-n2c3ccccc3c3cc(-c4ccc5c(c4)c4ccccc4n5-c4ccccc4)ccc32)c1. The number of nitrogens with zero attached hydrogens (tertiary/aromatic N) is 4. The molecular weight excluding hydrogens is 645 g/mol. The van der Waals surface area contributed by atoms with Crippen LogP contribution >= 0.6 is 0 Å². The van der Waals surface area contributed by atoms with E-state index >= 15 is 0 Å². The molecule has 246 valence electrons. The fourth-order valence-electron chi connectivity index (χ4n) is 8.54. The number of hydrogen-bond acceptors (Lipinski definition) is 0. The molecule has 0 fully saturated rings. The van der Waals surface area contributed by atoms with E-state index < -0.39 is 0 Å². The Morgan fingerprint density at radius 3 is 1.09 bits per heavy atom. The van der Waals surface area contributed by atoms with Crippen molar-refractivity contribution in [3.05, 3.63) is 193 Å². The van der Waals surface area contributed by atoms with Gasteiger partial charge in [-0.25, -0.2) is 4.85 Å². The van der Waals surface area contributed by atoms with Gasteiger partial charge in [-0.3, -0.25) is 0 Å². The van der Waals surface area contributed by atoms with Crippen molar-refractivity contribution in [1.29, 1.82) is 0 Å². The van der Waals surface area contributed by atoms with Gasteiger partial charge in [0.25, 0.3) is 0 Å². The largest absolute Gasteiger partial charge is 0.310 e. The average molecular weight is 675 g/mol. The molecule has 0 unspecified atom stereocenters. The van der Waals surface area contributed by atoms with Crippen molar-refractivity contribution in [3.8, 4) is 28.2 Å². The molecule has 3 aromatic heterocycles. The van der Waals surface area contributed by atoms with Gasteiger partial charge in [0.1, 0.15) is 0 Å². The third-order valence-corrected chi connectivity index (χ3v) is 10.8. The number of aromatic nitrogens is 3. The van der Waals surface area contributed by atoms with Crippen LogP contribution in [-0.2, 0) is 0 Å². The van der Waals surface area contributed by atoms with E-state index in [-0.39, 0.29) is 0 Å². The Kier molecular flexibility index (Phi) is 6.28. The first kappa shape index (κ1) is 29.4. The minimum Gasteiger partial charge on any atom is -0.310 e. The summed E-state index contributed by atoms with van der Waals surface area (Å²) < 4.78 is 6.97. The summed E-state index contributed by atoms with van der Waals surface area (Å²) >= 11 is 0. The van der Waals surface area contributed by atoms with Gasteiger partial charge in [-0.1, -0.05) is 103 Å². The average Bonchev–Trinajstić information content (AvgIpc) is 3.86. The number of fused-ring (bicyclic) bond motifs is 9. The zero-order chi connectivity index (χ0) is 35.0. The fourth-order valence-corrected chi connectivity index (χ4v) is 8.54. The summed E-state index contributed by atoms with van der Waals surface area (Å²) in [5, 5.41) is 7.23. The maximum absolute atomic E-state index is 8.13. The van der Waals surface area contributed by atoms with Crippen molar-refractivity contribution >= 4 is 71.1 Å². The fraction of sp³-hybridized carbons (Fsp3) is 0. The third kappa shape index (κ3) is 4.35. The minimum atomic E-state index is 0.602. The van der Waals surface area contributed by atoms with Crippen LogP contribution in [0.5, 0.6) is 0 Å². The van der Waals surface area contributed by atoms with Crippen LogP contribution in [0.2, 0.25) is 0 Å². The Bertz CT molecular complexity index is 3240. The van der Waals surface area contributed by atoms with E-state index in [1.807, 2.05) is 12.1 Å². The van der Waals surface area contributed by atoms with E-state index in [1.54, 1.807) is 0 Å². The molecule has 11 rings (SSSR count). The molecule has 0 spiro atoms. The summed E-state index contributed by atoms with van der Waals surface area (Å²) in [6.45, 7) is 8.13. The van der Waals surface area contributed by atoms with Crippen molar-refractivity contribution in [2.75, 3.05) is 0 Å². The molecule has 0 radical (unpaired) electrons. The second-order valence-electron chi connectivity index (χ2n) is 13.7. The van der Waals surface area contributed by atoms with Crippen molar-refractivity contribution in [2.24, 2.45) is 0 Å². The molecule has 0 N–H and O–H groups in total. The van der Waals surface area contributed by atoms with E-state index in [1.165, 1.54) is 54.5 Å². The van der Waals surface area contributed by atoms with Crippen molar-refractivity contribution in [1.82, 2.24) is 13.7 Å². The first-order chi connectivity index (χ1) is 26.2. The van der Waals surface area contributed by atoms with Crippen molar-refractivity contribution in [3.63, 3.8) is 0 Å². The summed E-state index contributed by atoms with van der Waals surface area (Å²) in [6.07, 6.45) is 0. The summed E-state index contributed by atoms with van der Waals surface area (Å²) in [5.41, 5.74) is 12.9. The predicted octanol–water partition coefficient (Wildman–Crippen LogP) is 13.2. The van der Waals surface area contributed by atoms with E-state index in [9.17, 15) is 0 Å². The Labute approximate surface area is 305 Å². The molecule has 0 saturated carbocycles. The first-order valence-electron chi connectivity index (χ1n) is 17.9. The highest BCUT2D eigenvalue weighted by Gasteiger charge is 2.18. The highest BCUT2D eigenvalue weighted by Crippen LogP contribution is 2.40. The second kappa shape index (κ2) is 11.3. The highest BCUT2D eigenvalue weighted by molar-refractivity contribution is 6.13. The smallest absolute Gasteiger partial charge is 0.191 e. The zero-order valence-electron chi connectivity index (χ0n) is 28.6. The molecule has 0 saturated heterocycles. The summed E-state index contributed by atoms with van der Waals surface area (Å²) in [6, 6.07) is 64.8. The molecule has 53 heavy (non-hydrogen) atoms. The molecular formula is C49H30N4. The molecule has 8 aromatic carbocycles. The number of para-hydroxylation sites is 5. The third-order valence-electron chi connectivity index (χ3n) is 10.8. The van der Waals surface area contributed by atoms with Crippen LogP contribution in [0.1, 0.15) is 0 Å². The van der Waals surface area contributed by atoms with Crippen LogP contribution in [0.4, 0.5) is 5.69 Å². The molecule has 0 atom stereocenters. The Morgan fingerprint density at radius 1 is 0.302 bits per heavy atom. The Hall–Kier alpha value is -7.35. The number of rotatable bonds is 4. The Morgan fingerprint density at radius 2 is 0.660 bits per heavy atom. The van der Waals surface area contributed by atoms with Gasteiger partial charge in [0.05, 0.1) is 39.7 Å². The minimum absolute atomic E-state index is 0.602. The van der Waals surface area contributed by atoms with E-state index in [0.29, 0.717) is 5.69 Å². The van der Waals surface area contributed by atoms with Gasteiger partial charge in [-0.2, -0.15) is 0 Å². The highest BCUT2D eigenvalue weighted by atomic mass is 15.0. The van der Waals surface area contributed by atoms with Gasteiger partial charge < -0.3 is 13.7 Å². The van der Waals surface area contributed by atoms with Crippen LogP contribution in [0, 0.1) is 6.57 Å². The van der Waals surface area contributed by atoms with Gasteiger partial charge in [-0.15, -0.1) is 0 Å². The molecule has 0 amide bonds. The lowest BCUT2D eigenvalue weighted by molar-refractivity contribution is 1.14. The number of benzene rings is 8. The van der Waals surface area contributed by atoms with E-state index in [4.69, 9.17) is 6.57 Å². The molecule has 3 heterocycles. The maximum atomic E-state index is 8.13. The number of hydrogen-bond donors (Lipinski definition) is 0. The lowest BCUT2D eigenvalue weighted by Gasteiger charge is -2.14. The van der Waals surface area contributed by atoms with Crippen LogP contribution < -0.4 is 0 Å². The molecule has 0 aliphatic rings. The normalized spacial score (nSPS) is 11.8. The van der Waals surface area contributed by atoms with Gasteiger partial charge >= 0.3 is 0 Å². The topological polar surface area (TPSA) is 19.1 Å². The van der Waals surface area contributed by atoms with Crippen LogP contribution in [-0.4, -0.2) is 13.7 Å². The quantitative estimate of drug-likeness (QED) is 0.166. The van der Waals surface area contributed by atoms with Gasteiger partial charge in [0, 0.05) is 49.4 Å². The van der Waals surface area contributed by atoms with E-state index in [0.717, 1.165) is 39.1 Å². The van der Waals surface area contributed by atoms with Crippen LogP contribution in [0.25, 0.3) is 98.5 Å². The van der Waals surface area contributed by atoms with Gasteiger partial charge in [-0.05, 0) is 90.0 Å². The van der Waals surface area contributed by atoms with Crippen LogP contribution in [0.15, 0.2) is 182 Å². The standard InChI is InChI=1S/C49H30N4/c1-50-34-29-36(52-44-19-9-5-15-38(44)39-16-6-10-20-45(39)52)31-37(30-34)53-47-22-12-8-18-41(47)43-28-33(24-26-49(43)53)32-23-25-48-42(27-32)40-17-7-11-21-46(40)51(48)35-13-3-2-4-14-35/h2-31H. The second-order valence-corrected chi connectivity index (χ2v) is 13.7. The van der Waals surface area contributed by atoms with Gasteiger partial charge in [0.2, 0.25) is 0 Å². The molecule has 4 heteroatoms. The monoisotopic (exact) mass is 674 g/mol. The predicted molar refractivity (Wildman–Crippen MR) is 221 cm³/mol. The van der Waals surface area contributed by atoms with E-state index in [2.05, 4.69) is 188 Å². The molecule has 0 aliphatic carbocycles. The molecule has 4 nitrogen and oxygen atoms in total. The van der Waals surface area contributed by atoms with Crippen molar-refractivity contribution in [2.45, 2.75) is 0 Å². The first-order valence-corrected chi connectivity index (χ1v) is 17.9. The Balaban J connectivity index is 1.11. The van der Waals surface area contributed by atoms with Crippen LogP contribution in [0.3, 0.4) is 0 Å². The lowest BCUT2D eigenvalue weighted by atomic mass is 10.0. The molecule has 0 bridgehead atoms. The maximum Gasteiger partial charge on any atom is 0.191 e. The summed E-state index contributed by atoms with van der Waals surface area (Å²) in [7, 11) is 0. The summed E-state index contributed by atoms with van der Waals surface area (Å²) in [4.78, 5) is 3.97. The summed E-state index contributed by atoms with van der Waals surface area (Å²) in [5.74, 6) is 0. The zero-order valence-corrected chi connectivity index (χ0v) is 28.6. The molecule has 11 aromatic rings. The van der Waals surface area contributed by atoms with Gasteiger partial charge in [0.15, 0.2) is 5.69 Å². The lowest BCUT2D eigenvalue weighted by Crippen LogP contribution is -1.98. The molecule has 0 aliphatic heterocycles. The van der Waals surface area contributed by atoms with Crippen molar-refractivity contribution < 1.29 is 0 Å².